The molecule has 1 N–H and O–H groups in total. The molecule has 6 heteroatoms. The first-order chi connectivity index (χ1) is 14.9. The summed E-state index contributed by atoms with van der Waals surface area (Å²) in [5.74, 6) is 1.09. The van der Waals surface area contributed by atoms with Crippen molar-refractivity contribution in [3.8, 4) is 5.69 Å². The monoisotopic (exact) mass is 419 g/mol. The Morgan fingerprint density at radius 3 is 2.68 bits per heavy atom. The van der Waals surface area contributed by atoms with E-state index in [2.05, 4.69) is 24.1 Å². The number of nitrogens with one attached hydrogen (secondary N) is 1. The van der Waals surface area contributed by atoms with Crippen molar-refractivity contribution >= 4 is 22.9 Å². The van der Waals surface area contributed by atoms with E-state index in [-0.39, 0.29) is 18.6 Å². The first kappa shape index (κ1) is 21.1. The number of amides is 1. The summed E-state index contributed by atoms with van der Waals surface area (Å²) in [6.45, 7) is 6.06. The van der Waals surface area contributed by atoms with Crippen LogP contribution in [0.25, 0.3) is 16.7 Å². The highest BCUT2D eigenvalue weighted by molar-refractivity contribution is 5.95. The predicted octanol–water partition coefficient (Wildman–Crippen LogP) is 4.43. The molecule has 2 aromatic carbocycles. The fourth-order valence-corrected chi connectivity index (χ4v) is 4.48. The van der Waals surface area contributed by atoms with Gasteiger partial charge < -0.3 is 10.1 Å². The van der Waals surface area contributed by atoms with Gasteiger partial charge in [0.2, 0.25) is 0 Å². The van der Waals surface area contributed by atoms with Gasteiger partial charge in [-0.05, 0) is 55.5 Å². The molecule has 162 valence electrons. The summed E-state index contributed by atoms with van der Waals surface area (Å²) in [7, 11) is 0. The Balaban J connectivity index is 1.42. The summed E-state index contributed by atoms with van der Waals surface area (Å²) in [6, 6.07) is 15.4. The Kier molecular flexibility index (Phi) is 6.07. The molecule has 0 bridgehead atoms. The molecular formula is C25H29N3O3. The normalized spacial score (nSPS) is 21.1. The standard InChI is InChI=1S/C25H29N3O3/c1-16-8-7-11-21(17(16)2)27-24(29)15-31-25(30)19-12-13-23-22(14-19)26-18(3)28(23)20-9-5-4-6-10-20/h4-6,9-10,12-14,16-17,21H,7-8,11,15H2,1-3H3,(H,27,29)/t16-,17-,21+/m0/s1. The van der Waals surface area contributed by atoms with Gasteiger partial charge in [-0.15, -0.1) is 0 Å². The SMILES string of the molecule is Cc1nc2cc(C(=O)OCC(=O)N[C@@H]3CCC[C@H](C)[C@@H]3C)ccc2n1-c1ccccc1. The van der Waals surface area contributed by atoms with Crippen molar-refractivity contribution in [3.63, 3.8) is 0 Å². The summed E-state index contributed by atoms with van der Waals surface area (Å²) >= 11 is 0. The molecular weight excluding hydrogens is 390 g/mol. The third kappa shape index (κ3) is 4.48. The molecule has 4 rings (SSSR count). The van der Waals surface area contributed by atoms with Crippen molar-refractivity contribution in [3.05, 3.63) is 59.9 Å². The van der Waals surface area contributed by atoms with Crippen LogP contribution < -0.4 is 5.32 Å². The second kappa shape index (κ2) is 8.92. The minimum Gasteiger partial charge on any atom is -0.452 e. The Bertz CT molecular complexity index is 1090. The van der Waals surface area contributed by atoms with E-state index in [1.54, 1.807) is 12.1 Å². The van der Waals surface area contributed by atoms with Gasteiger partial charge in [-0.3, -0.25) is 9.36 Å². The molecule has 31 heavy (non-hydrogen) atoms. The van der Waals surface area contributed by atoms with Crippen LogP contribution in [0.1, 0.15) is 49.3 Å². The molecule has 3 aromatic rings. The number of ether oxygens (including phenoxy) is 1. The molecule has 0 aliphatic heterocycles. The number of aromatic nitrogens is 2. The minimum atomic E-state index is -0.519. The molecule has 1 saturated carbocycles. The lowest BCUT2D eigenvalue weighted by Gasteiger charge is -2.34. The number of hydrogen-bond acceptors (Lipinski definition) is 4. The van der Waals surface area contributed by atoms with Gasteiger partial charge in [-0.1, -0.05) is 44.9 Å². The van der Waals surface area contributed by atoms with Crippen molar-refractivity contribution in [1.29, 1.82) is 0 Å². The third-order valence-electron chi connectivity index (χ3n) is 6.46. The maximum atomic E-state index is 12.5. The van der Waals surface area contributed by atoms with Gasteiger partial charge in [0.05, 0.1) is 16.6 Å². The zero-order valence-electron chi connectivity index (χ0n) is 18.3. The van der Waals surface area contributed by atoms with Crippen LogP contribution in [0.5, 0.6) is 0 Å². The van der Waals surface area contributed by atoms with Gasteiger partial charge in [-0.2, -0.15) is 0 Å². The maximum absolute atomic E-state index is 12.5. The number of aryl methyl sites for hydroxylation is 1. The molecule has 1 heterocycles. The Morgan fingerprint density at radius 2 is 1.90 bits per heavy atom. The van der Waals surface area contributed by atoms with E-state index in [0.717, 1.165) is 29.9 Å². The van der Waals surface area contributed by atoms with Crippen molar-refractivity contribution in [1.82, 2.24) is 14.9 Å². The van der Waals surface area contributed by atoms with E-state index in [1.807, 2.05) is 47.9 Å². The second-order valence-electron chi connectivity index (χ2n) is 8.55. The first-order valence-electron chi connectivity index (χ1n) is 10.9. The fraction of sp³-hybridized carbons (Fsp3) is 0.400. The number of benzene rings is 2. The molecule has 1 amide bonds. The number of imidazole rings is 1. The molecule has 0 saturated heterocycles. The topological polar surface area (TPSA) is 73.2 Å². The molecule has 0 radical (unpaired) electrons. The lowest BCUT2D eigenvalue weighted by Crippen LogP contribution is -2.45. The summed E-state index contributed by atoms with van der Waals surface area (Å²) in [5, 5.41) is 3.03. The van der Waals surface area contributed by atoms with Crippen LogP contribution in [0, 0.1) is 18.8 Å². The number of carbonyl (C=O) groups excluding carboxylic acids is 2. The van der Waals surface area contributed by atoms with Gasteiger partial charge in [-0.25, -0.2) is 9.78 Å². The second-order valence-corrected chi connectivity index (χ2v) is 8.55. The Morgan fingerprint density at radius 1 is 1.13 bits per heavy atom. The quantitative estimate of drug-likeness (QED) is 0.621. The summed E-state index contributed by atoms with van der Waals surface area (Å²) in [5.41, 5.74) is 3.03. The summed E-state index contributed by atoms with van der Waals surface area (Å²) in [6.07, 6.45) is 3.29. The van der Waals surface area contributed by atoms with Crippen LogP contribution in [-0.4, -0.2) is 34.1 Å². The van der Waals surface area contributed by atoms with Crippen molar-refractivity contribution in [2.24, 2.45) is 11.8 Å². The third-order valence-corrected chi connectivity index (χ3v) is 6.46. The van der Waals surface area contributed by atoms with Crippen LogP contribution in [0.3, 0.4) is 0 Å². The number of rotatable bonds is 5. The first-order valence-corrected chi connectivity index (χ1v) is 10.9. The van der Waals surface area contributed by atoms with Crippen molar-refractivity contribution < 1.29 is 14.3 Å². The number of nitrogens with zero attached hydrogens (tertiary/aromatic N) is 2. The zero-order chi connectivity index (χ0) is 22.0. The average Bonchev–Trinajstić information content (AvgIpc) is 3.10. The number of carbonyl (C=O) groups is 2. The van der Waals surface area contributed by atoms with Crippen LogP contribution >= 0.6 is 0 Å². The largest absolute Gasteiger partial charge is 0.452 e. The fourth-order valence-electron chi connectivity index (χ4n) is 4.48. The van der Waals surface area contributed by atoms with Crippen LogP contribution in [0.2, 0.25) is 0 Å². The molecule has 3 atom stereocenters. The number of fused-ring (bicyclic) bond motifs is 1. The van der Waals surface area contributed by atoms with Crippen LogP contribution in [0.4, 0.5) is 0 Å². The van der Waals surface area contributed by atoms with Crippen molar-refractivity contribution in [2.75, 3.05) is 6.61 Å². The number of para-hydroxylation sites is 1. The lowest BCUT2D eigenvalue weighted by molar-refractivity contribution is -0.125. The van der Waals surface area contributed by atoms with E-state index >= 15 is 0 Å². The van der Waals surface area contributed by atoms with Gasteiger partial charge >= 0.3 is 5.97 Å². The molecule has 0 spiro atoms. The smallest absolute Gasteiger partial charge is 0.338 e. The van der Waals surface area contributed by atoms with Gasteiger partial charge in [0.25, 0.3) is 5.91 Å². The zero-order valence-corrected chi connectivity index (χ0v) is 18.3. The van der Waals surface area contributed by atoms with Gasteiger partial charge in [0.15, 0.2) is 6.61 Å². The highest BCUT2D eigenvalue weighted by Gasteiger charge is 2.28. The molecule has 6 nitrogen and oxygen atoms in total. The van der Waals surface area contributed by atoms with Gasteiger partial charge in [0.1, 0.15) is 5.82 Å². The van der Waals surface area contributed by atoms with E-state index in [1.165, 1.54) is 6.42 Å². The van der Waals surface area contributed by atoms with E-state index in [9.17, 15) is 9.59 Å². The van der Waals surface area contributed by atoms with Crippen LogP contribution in [-0.2, 0) is 9.53 Å². The van der Waals surface area contributed by atoms with Crippen molar-refractivity contribution in [2.45, 2.75) is 46.1 Å². The van der Waals surface area contributed by atoms with Gasteiger partial charge in [0, 0.05) is 11.7 Å². The Labute approximate surface area is 182 Å². The van der Waals surface area contributed by atoms with E-state index < -0.39 is 5.97 Å². The van der Waals surface area contributed by atoms with Crippen LogP contribution in [0.15, 0.2) is 48.5 Å². The maximum Gasteiger partial charge on any atom is 0.338 e. The Hall–Kier alpha value is -3.15. The highest BCUT2D eigenvalue weighted by Crippen LogP contribution is 2.29. The molecule has 1 aliphatic carbocycles. The summed E-state index contributed by atoms with van der Waals surface area (Å²) in [4.78, 5) is 29.4. The lowest BCUT2D eigenvalue weighted by atomic mass is 9.78. The molecule has 0 unspecified atom stereocenters. The average molecular weight is 420 g/mol. The van der Waals surface area contributed by atoms with E-state index in [4.69, 9.17) is 4.74 Å². The number of hydrogen-bond donors (Lipinski definition) is 1. The minimum absolute atomic E-state index is 0.149. The predicted molar refractivity (Wildman–Crippen MR) is 120 cm³/mol. The molecule has 1 aromatic heterocycles. The summed E-state index contributed by atoms with van der Waals surface area (Å²) < 4.78 is 7.32. The number of esters is 1. The highest BCUT2D eigenvalue weighted by atomic mass is 16.5. The molecule has 1 aliphatic rings. The van der Waals surface area contributed by atoms with E-state index in [0.29, 0.717) is 22.9 Å². The molecule has 1 fully saturated rings.